The number of carbonyl (C=O) groups is 1. The predicted octanol–water partition coefficient (Wildman–Crippen LogP) is 5.77. The molecule has 0 aliphatic heterocycles. The van der Waals surface area contributed by atoms with E-state index in [1.807, 2.05) is 26.2 Å². The average molecular weight is 351 g/mol. The molecule has 1 aromatic carbocycles. The van der Waals surface area contributed by atoms with E-state index in [0.717, 1.165) is 42.6 Å². The van der Waals surface area contributed by atoms with Gasteiger partial charge in [-0.15, -0.1) is 0 Å². The third kappa shape index (κ3) is 4.20. The van der Waals surface area contributed by atoms with Crippen LogP contribution in [0, 0.1) is 11.8 Å². The van der Waals surface area contributed by atoms with Gasteiger partial charge in [-0.1, -0.05) is 52.0 Å². The van der Waals surface area contributed by atoms with Crippen molar-refractivity contribution in [3.05, 3.63) is 48.0 Å². The molecule has 0 saturated heterocycles. The summed E-state index contributed by atoms with van der Waals surface area (Å²) in [6, 6.07) is 8.82. The minimum Gasteiger partial charge on any atom is -0.299 e. The Morgan fingerprint density at radius 2 is 1.46 bits per heavy atom. The van der Waals surface area contributed by atoms with Crippen LogP contribution in [0.3, 0.4) is 0 Å². The molecule has 3 rings (SSSR count). The molecular weight excluding hydrogens is 320 g/mol. The number of rotatable bonds is 5. The van der Waals surface area contributed by atoms with Crippen molar-refractivity contribution in [1.29, 1.82) is 0 Å². The summed E-state index contributed by atoms with van der Waals surface area (Å²) in [5, 5.41) is 0. The molecule has 0 unspecified atom stereocenters. The molecule has 0 bridgehead atoms. The van der Waals surface area contributed by atoms with Crippen molar-refractivity contribution in [2.45, 2.75) is 65.2 Å². The second-order valence-electron chi connectivity index (χ2n) is 8.21. The van der Waals surface area contributed by atoms with Crippen molar-refractivity contribution in [1.82, 2.24) is 9.97 Å². The molecule has 1 aromatic heterocycles. The van der Waals surface area contributed by atoms with E-state index in [-0.39, 0.29) is 11.8 Å². The molecule has 1 aliphatic rings. The maximum atomic E-state index is 12.2. The highest BCUT2D eigenvalue weighted by atomic mass is 16.1. The Hall–Kier alpha value is -2.03. The van der Waals surface area contributed by atoms with E-state index < -0.39 is 0 Å². The zero-order valence-corrected chi connectivity index (χ0v) is 16.4. The molecule has 1 heterocycles. The van der Waals surface area contributed by atoms with Crippen LogP contribution in [0.25, 0.3) is 11.1 Å². The normalized spacial score (nSPS) is 20.5. The van der Waals surface area contributed by atoms with Crippen LogP contribution in [0.15, 0.2) is 36.7 Å². The number of nitrogens with zero attached hydrogens (tertiary/aromatic N) is 2. The molecule has 1 fully saturated rings. The van der Waals surface area contributed by atoms with E-state index >= 15 is 0 Å². The van der Waals surface area contributed by atoms with Gasteiger partial charge in [0, 0.05) is 35.7 Å². The second-order valence-corrected chi connectivity index (χ2v) is 8.21. The Morgan fingerprint density at radius 1 is 0.885 bits per heavy atom. The molecule has 1 aliphatic carbocycles. The number of hydrogen-bond acceptors (Lipinski definition) is 3. The summed E-state index contributed by atoms with van der Waals surface area (Å²) in [4.78, 5) is 21.1. The highest BCUT2D eigenvalue weighted by molar-refractivity contribution is 5.82. The molecule has 0 N–H and O–H groups in total. The van der Waals surface area contributed by atoms with Gasteiger partial charge in [0.15, 0.2) is 0 Å². The standard InChI is InChI=1S/C23H30N2O/c1-15(2)22(26)20-11-9-18(10-12-20)17-5-7-19(8-6-17)21-13-24-23(16(3)4)25-14-21/h5-8,13-16,18,20H,9-12H2,1-4H3/t18-,20-. The van der Waals surface area contributed by atoms with Crippen LogP contribution in [-0.4, -0.2) is 15.8 Å². The van der Waals surface area contributed by atoms with Gasteiger partial charge in [-0.05, 0) is 42.7 Å². The number of carbonyl (C=O) groups excluding carboxylic acids is 1. The van der Waals surface area contributed by atoms with Crippen molar-refractivity contribution in [2.75, 3.05) is 0 Å². The van der Waals surface area contributed by atoms with E-state index in [9.17, 15) is 4.79 Å². The molecular formula is C23H30N2O. The van der Waals surface area contributed by atoms with Crippen LogP contribution in [0.4, 0.5) is 0 Å². The fourth-order valence-corrected chi connectivity index (χ4v) is 3.92. The van der Waals surface area contributed by atoms with Gasteiger partial charge in [0.25, 0.3) is 0 Å². The molecule has 138 valence electrons. The Morgan fingerprint density at radius 3 is 1.96 bits per heavy atom. The molecule has 0 radical (unpaired) electrons. The van der Waals surface area contributed by atoms with Gasteiger partial charge in [-0.2, -0.15) is 0 Å². The van der Waals surface area contributed by atoms with Crippen molar-refractivity contribution >= 4 is 5.78 Å². The van der Waals surface area contributed by atoms with Crippen LogP contribution in [0.2, 0.25) is 0 Å². The summed E-state index contributed by atoms with van der Waals surface area (Å²) in [5.41, 5.74) is 3.61. The van der Waals surface area contributed by atoms with Crippen LogP contribution in [0.1, 0.15) is 76.6 Å². The van der Waals surface area contributed by atoms with Crippen molar-refractivity contribution < 1.29 is 4.79 Å². The molecule has 1 saturated carbocycles. The molecule has 0 atom stereocenters. The third-order valence-electron chi connectivity index (χ3n) is 5.60. The smallest absolute Gasteiger partial charge is 0.138 e. The fraction of sp³-hybridized carbons (Fsp3) is 0.522. The fourth-order valence-electron chi connectivity index (χ4n) is 3.92. The first-order valence-electron chi connectivity index (χ1n) is 9.91. The van der Waals surface area contributed by atoms with E-state index in [1.165, 1.54) is 5.56 Å². The van der Waals surface area contributed by atoms with Gasteiger partial charge in [-0.3, -0.25) is 4.79 Å². The van der Waals surface area contributed by atoms with Gasteiger partial charge in [0.05, 0.1) is 0 Å². The summed E-state index contributed by atoms with van der Waals surface area (Å²) in [7, 11) is 0. The minimum absolute atomic E-state index is 0.167. The van der Waals surface area contributed by atoms with E-state index in [0.29, 0.717) is 17.6 Å². The largest absolute Gasteiger partial charge is 0.299 e. The lowest BCUT2D eigenvalue weighted by atomic mass is 9.75. The quantitative estimate of drug-likeness (QED) is 0.688. The summed E-state index contributed by atoms with van der Waals surface area (Å²) in [6.45, 7) is 8.25. The maximum absolute atomic E-state index is 12.2. The Kier molecular flexibility index (Phi) is 5.85. The highest BCUT2D eigenvalue weighted by Crippen LogP contribution is 2.37. The predicted molar refractivity (Wildman–Crippen MR) is 106 cm³/mol. The molecule has 3 nitrogen and oxygen atoms in total. The van der Waals surface area contributed by atoms with Crippen LogP contribution >= 0.6 is 0 Å². The first-order chi connectivity index (χ1) is 12.5. The zero-order valence-electron chi connectivity index (χ0n) is 16.4. The summed E-state index contributed by atoms with van der Waals surface area (Å²) >= 11 is 0. The van der Waals surface area contributed by atoms with E-state index in [4.69, 9.17) is 0 Å². The SMILES string of the molecule is CC(C)c1ncc(-c2ccc([C@H]3CC[C@H](C(=O)C(C)C)CC3)cc2)cn1. The van der Waals surface area contributed by atoms with Crippen molar-refractivity contribution in [2.24, 2.45) is 11.8 Å². The second kappa shape index (κ2) is 8.11. The summed E-state index contributed by atoms with van der Waals surface area (Å²) in [6.07, 6.45) is 8.14. The van der Waals surface area contributed by atoms with Gasteiger partial charge in [-0.25, -0.2) is 9.97 Å². The molecule has 0 spiro atoms. The summed E-state index contributed by atoms with van der Waals surface area (Å²) in [5.74, 6) is 2.72. The van der Waals surface area contributed by atoms with Crippen LogP contribution in [0.5, 0.6) is 0 Å². The van der Waals surface area contributed by atoms with Gasteiger partial charge in [0.2, 0.25) is 0 Å². The first kappa shape index (κ1) is 18.8. The maximum Gasteiger partial charge on any atom is 0.138 e. The lowest BCUT2D eigenvalue weighted by molar-refractivity contribution is -0.126. The van der Waals surface area contributed by atoms with E-state index in [2.05, 4.69) is 48.1 Å². The number of Topliss-reactive ketones (excluding diaryl/α,β-unsaturated/α-hetero) is 1. The average Bonchev–Trinajstić information content (AvgIpc) is 2.67. The Labute approximate surface area is 157 Å². The molecule has 3 heteroatoms. The number of ketones is 1. The topological polar surface area (TPSA) is 42.9 Å². The number of aromatic nitrogens is 2. The summed E-state index contributed by atoms with van der Waals surface area (Å²) < 4.78 is 0. The number of hydrogen-bond donors (Lipinski definition) is 0. The molecule has 26 heavy (non-hydrogen) atoms. The Balaban J connectivity index is 1.64. The molecule has 2 aromatic rings. The van der Waals surface area contributed by atoms with Crippen molar-refractivity contribution in [3.63, 3.8) is 0 Å². The van der Waals surface area contributed by atoms with Gasteiger partial charge < -0.3 is 0 Å². The van der Waals surface area contributed by atoms with Crippen LogP contribution < -0.4 is 0 Å². The lowest BCUT2D eigenvalue weighted by Crippen LogP contribution is -2.24. The third-order valence-corrected chi connectivity index (χ3v) is 5.60. The molecule has 0 amide bonds. The minimum atomic E-state index is 0.167. The van der Waals surface area contributed by atoms with Gasteiger partial charge >= 0.3 is 0 Å². The Bertz CT molecular complexity index is 724. The van der Waals surface area contributed by atoms with Crippen molar-refractivity contribution in [3.8, 4) is 11.1 Å². The zero-order chi connectivity index (χ0) is 18.7. The highest BCUT2D eigenvalue weighted by Gasteiger charge is 2.28. The lowest BCUT2D eigenvalue weighted by Gasteiger charge is -2.29. The monoisotopic (exact) mass is 350 g/mol. The van der Waals surface area contributed by atoms with Crippen LogP contribution in [-0.2, 0) is 4.79 Å². The van der Waals surface area contributed by atoms with E-state index in [1.54, 1.807) is 0 Å². The first-order valence-corrected chi connectivity index (χ1v) is 9.91. The van der Waals surface area contributed by atoms with Gasteiger partial charge in [0.1, 0.15) is 11.6 Å². The number of benzene rings is 1.